The van der Waals surface area contributed by atoms with Gasteiger partial charge in [-0.1, -0.05) is 36.4 Å². The second-order valence-corrected chi connectivity index (χ2v) is 14.3. The highest BCUT2D eigenvalue weighted by Crippen LogP contribution is 2.64. The van der Waals surface area contributed by atoms with Crippen molar-refractivity contribution in [3.8, 4) is 0 Å². The summed E-state index contributed by atoms with van der Waals surface area (Å²) >= 11 is 0. The Morgan fingerprint density at radius 2 is 1.72 bits per heavy atom. The lowest BCUT2D eigenvalue weighted by molar-refractivity contribution is -0.932. The molecule has 3 bridgehead atoms. The van der Waals surface area contributed by atoms with Crippen LogP contribution in [0, 0.1) is 21.7 Å². The van der Waals surface area contributed by atoms with Crippen LogP contribution in [0.4, 0.5) is 0 Å². The number of hydrogen-bond donors (Lipinski definition) is 2. The van der Waals surface area contributed by atoms with Gasteiger partial charge in [0.05, 0.1) is 42.8 Å². The molecule has 0 saturated carbocycles. The first-order chi connectivity index (χ1) is 20.9. The van der Waals surface area contributed by atoms with Gasteiger partial charge < -0.3 is 29.8 Å². The monoisotopic (exact) mass is 580 g/mol. The molecule has 43 heavy (non-hydrogen) atoms. The van der Waals surface area contributed by atoms with E-state index in [4.69, 9.17) is 4.98 Å². The van der Waals surface area contributed by atoms with Crippen molar-refractivity contribution >= 4 is 27.4 Å². The van der Waals surface area contributed by atoms with Crippen molar-refractivity contribution in [3.63, 3.8) is 0 Å². The van der Waals surface area contributed by atoms with E-state index >= 15 is 5.21 Å². The number of quaternary nitrogens is 2. The molecule has 8 rings (SSSR count). The molecule has 1 aromatic carbocycles. The summed E-state index contributed by atoms with van der Waals surface area (Å²) in [5, 5.41) is 45.4. The Hall–Kier alpha value is -2.81. The summed E-state index contributed by atoms with van der Waals surface area (Å²) in [4.78, 5) is 8.66. The molecule has 7 nitrogen and oxygen atoms in total. The van der Waals surface area contributed by atoms with Crippen LogP contribution in [0.1, 0.15) is 69.9 Å². The lowest BCUT2D eigenvalue weighted by Gasteiger charge is -2.63. The Morgan fingerprint density at radius 1 is 0.907 bits per heavy atom. The molecule has 0 amide bonds. The van der Waals surface area contributed by atoms with Crippen molar-refractivity contribution in [1.29, 1.82) is 0 Å². The number of nitrogens with zero attached hydrogens (tertiary/aromatic N) is 3. The highest BCUT2D eigenvalue weighted by atomic mass is 16.6. The lowest BCUT2D eigenvalue weighted by Crippen LogP contribution is -2.72. The molecule has 6 heterocycles. The third-order valence-corrected chi connectivity index (χ3v) is 11.7. The second kappa shape index (κ2) is 10.1. The molecular weight excluding hydrogens is 536 g/mol. The third-order valence-electron chi connectivity index (χ3n) is 11.7. The number of benzene rings is 1. The van der Waals surface area contributed by atoms with E-state index in [1.165, 1.54) is 0 Å². The molecule has 2 aromatic heterocycles. The molecule has 4 aliphatic heterocycles. The summed E-state index contributed by atoms with van der Waals surface area (Å²) in [6.45, 7) is 2.04. The highest BCUT2D eigenvalue weighted by Gasteiger charge is 2.73. The first-order valence-corrected chi connectivity index (χ1v) is 16.6. The molecule has 7 atom stereocenters. The minimum atomic E-state index is -1.34. The Kier molecular flexibility index (Phi) is 6.52. The summed E-state index contributed by atoms with van der Waals surface area (Å²) in [6.07, 6.45) is 20.9. The molecule has 7 heteroatoms. The molecule has 0 radical (unpaired) electrons. The second-order valence-electron chi connectivity index (χ2n) is 14.3. The van der Waals surface area contributed by atoms with E-state index in [9.17, 15) is 10.3 Å². The van der Waals surface area contributed by atoms with Crippen molar-refractivity contribution in [3.05, 3.63) is 83.0 Å². The van der Waals surface area contributed by atoms with E-state index in [0.29, 0.717) is 45.4 Å². The van der Waals surface area contributed by atoms with Gasteiger partial charge in [-0.2, -0.15) is 0 Å². The lowest BCUT2D eigenvalue weighted by atomic mass is 9.54. The summed E-state index contributed by atoms with van der Waals surface area (Å²) in [6, 6.07) is 9.60. The van der Waals surface area contributed by atoms with E-state index in [1.807, 2.05) is 12.3 Å². The van der Waals surface area contributed by atoms with Crippen molar-refractivity contribution in [1.82, 2.24) is 9.97 Å². The Balaban J connectivity index is 1.38. The number of H-pyrrole nitrogens is 1. The predicted octanol–water partition coefficient (Wildman–Crippen LogP) is 6.88. The van der Waals surface area contributed by atoms with E-state index in [1.54, 1.807) is 0 Å². The fraction of sp³-hybridized carbons (Fsp3) is 0.528. The average Bonchev–Trinajstić information content (AvgIpc) is 3.47. The van der Waals surface area contributed by atoms with Gasteiger partial charge in [0.1, 0.15) is 17.7 Å². The van der Waals surface area contributed by atoms with Crippen LogP contribution in [0.2, 0.25) is 0 Å². The van der Waals surface area contributed by atoms with Gasteiger partial charge in [-0.15, -0.1) is 0 Å². The fourth-order valence-corrected chi connectivity index (χ4v) is 10.2. The van der Waals surface area contributed by atoms with Crippen molar-refractivity contribution in [2.24, 2.45) is 11.3 Å². The van der Waals surface area contributed by atoms with Crippen LogP contribution in [0.5, 0.6) is 0 Å². The number of para-hydroxylation sites is 1. The van der Waals surface area contributed by atoms with Gasteiger partial charge in [-0.3, -0.25) is 4.98 Å². The fourth-order valence-electron chi connectivity index (χ4n) is 10.2. The van der Waals surface area contributed by atoms with Gasteiger partial charge in [0, 0.05) is 41.2 Å². The average molecular weight is 581 g/mol. The molecule has 3 aromatic rings. The molecule has 2 saturated heterocycles. The zero-order valence-electron chi connectivity index (χ0n) is 25.1. The van der Waals surface area contributed by atoms with Gasteiger partial charge in [-0.05, 0) is 81.2 Å². The number of rotatable bonds is 1. The van der Waals surface area contributed by atoms with Crippen LogP contribution in [-0.2, 0) is 0 Å². The molecule has 226 valence electrons. The zero-order chi connectivity index (χ0) is 29.3. The number of nitrogens with one attached hydrogen (secondary N) is 1. The topological polar surface area (TPSA) is 95.0 Å². The number of hydrogen-bond acceptors (Lipinski definition) is 4. The van der Waals surface area contributed by atoms with E-state index < -0.39 is 21.7 Å². The van der Waals surface area contributed by atoms with E-state index in [2.05, 4.69) is 59.6 Å². The van der Waals surface area contributed by atoms with Gasteiger partial charge in [0.2, 0.25) is 0 Å². The van der Waals surface area contributed by atoms with Crippen LogP contribution < -0.4 is 0 Å². The quantitative estimate of drug-likeness (QED) is 0.186. The predicted molar refractivity (Wildman–Crippen MR) is 171 cm³/mol. The minimum Gasteiger partial charge on any atom is -0.633 e. The molecule has 1 aliphatic carbocycles. The third kappa shape index (κ3) is 4.23. The van der Waals surface area contributed by atoms with Gasteiger partial charge in [0.15, 0.2) is 0 Å². The van der Waals surface area contributed by atoms with Crippen LogP contribution in [0.25, 0.3) is 27.4 Å². The number of aromatic nitrogens is 2. The number of aliphatic hydroxyl groups is 1. The molecule has 2 fully saturated rings. The maximum Gasteiger partial charge on any atom is 0.136 e. The van der Waals surface area contributed by atoms with Gasteiger partial charge in [0.25, 0.3) is 0 Å². The van der Waals surface area contributed by atoms with Crippen LogP contribution >= 0.6 is 0 Å². The summed E-state index contributed by atoms with van der Waals surface area (Å²) < 4.78 is -0.651. The van der Waals surface area contributed by atoms with Crippen molar-refractivity contribution in [2.45, 2.75) is 81.9 Å². The summed E-state index contributed by atoms with van der Waals surface area (Å²) in [5.74, 6) is -0.00578. The molecule has 1 spiro atoms. The summed E-state index contributed by atoms with van der Waals surface area (Å²) in [7, 11) is 0. The van der Waals surface area contributed by atoms with E-state index in [-0.39, 0.29) is 16.6 Å². The highest BCUT2D eigenvalue weighted by molar-refractivity contribution is 6.09. The molecule has 2 unspecified atom stereocenters. The van der Waals surface area contributed by atoms with Gasteiger partial charge >= 0.3 is 0 Å². The maximum atomic E-state index is 15.4. The first kappa shape index (κ1) is 27.7. The van der Waals surface area contributed by atoms with Crippen LogP contribution in [0.15, 0.2) is 66.9 Å². The Bertz CT molecular complexity index is 1640. The zero-order valence-corrected chi connectivity index (χ0v) is 25.1. The summed E-state index contributed by atoms with van der Waals surface area (Å²) in [5.41, 5.74) is 2.00. The van der Waals surface area contributed by atoms with E-state index in [0.717, 1.165) is 78.0 Å². The standard InChI is InChI=1S/C36H44N4O3/c41-36-18-10-4-1-2-5-11-20-39(42)22-17-30(35(25-39)23-26-13-7-3-6-12-21-40(26,43)34(35)36)29(24-36)32-33-28(16-19-37-32)27-14-8-9-15-31(27)38-33/h1,4,7-9,13-16,19,24,26,30,34,38,41H,2-3,5-6,10-12,17-18,20-23,25H2/b4-1-,13-7-/t26-,30-,34+,35-,36-,39?,40?/m0/s1. The molecule has 2 N–H and O–H groups in total. The van der Waals surface area contributed by atoms with Crippen LogP contribution in [0.3, 0.4) is 0 Å². The van der Waals surface area contributed by atoms with Crippen molar-refractivity contribution < 1.29 is 14.4 Å². The number of fused-ring (bicyclic) bond motifs is 5. The number of hydroxylamine groups is 6. The number of pyridine rings is 1. The normalized spacial score (nSPS) is 41.2. The number of allylic oxidation sites excluding steroid dienone is 4. The number of aromatic amines is 1. The van der Waals surface area contributed by atoms with Crippen LogP contribution in [-0.4, -0.2) is 68.2 Å². The molecule has 5 aliphatic rings. The minimum absolute atomic E-state index is 0.00578. The Labute approximate surface area is 253 Å². The number of piperidine rings is 1. The SMILES string of the molecule is [O-][N+]12CCCC/C=C\CC[C@]3(O)C=C(c4nccc5c4[nH]c4ccccc45)[C@H](CC1)[C@]1(C[C@@H]4/C=C\CCCC[N+]4([O-])[C@H]13)C2. The smallest absolute Gasteiger partial charge is 0.136 e. The molecular formula is C36H44N4O3. The maximum absolute atomic E-state index is 15.4. The Morgan fingerprint density at radius 3 is 2.63 bits per heavy atom. The largest absolute Gasteiger partial charge is 0.633 e. The first-order valence-electron chi connectivity index (χ1n) is 16.6. The van der Waals surface area contributed by atoms with Gasteiger partial charge in [-0.25, -0.2) is 0 Å². The van der Waals surface area contributed by atoms with Crippen molar-refractivity contribution in [2.75, 3.05) is 26.2 Å².